The summed E-state index contributed by atoms with van der Waals surface area (Å²) in [4.78, 5) is 23.2. The van der Waals surface area contributed by atoms with E-state index in [9.17, 15) is 10.1 Å². The summed E-state index contributed by atoms with van der Waals surface area (Å²) in [6.45, 7) is 2.87. The Labute approximate surface area is 158 Å². The van der Waals surface area contributed by atoms with Gasteiger partial charge in [0.05, 0.1) is 5.56 Å². The highest BCUT2D eigenvalue weighted by Crippen LogP contribution is 2.35. The van der Waals surface area contributed by atoms with Gasteiger partial charge in [-0.3, -0.25) is 9.78 Å². The van der Waals surface area contributed by atoms with E-state index in [1.165, 1.54) is 0 Å². The number of aromatic nitrogens is 2. The van der Waals surface area contributed by atoms with Gasteiger partial charge in [0.2, 0.25) is 0 Å². The highest BCUT2D eigenvalue weighted by Gasteiger charge is 2.31. The van der Waals surface area contributed by atoms with Crippen molar-refractivity contribution >= 4 is 11.7 Å². The normalized spacial score (nSPS) is 19.2. The second-order valence-corrected chi connectivity index (χ2v) is 7.08. The van der Waals surface area contributed by atoms with Gasteiger partial charge >= 0.3 is 0 Å². The molecule has 0 radical (unpaired) electrons. The lowest BCUT2D eigenvalue weighted by molar-refractivity contribution is 0.0732. The van der Waals surface area contributed by atoms with Crippen LogP contribution in [0.4, 0.5) is 5.82 Å². The number of nitriles is 1. The van der Waals surface area contributed by atoms with E-state index >= 15 is 0 Å². The molecule has 0 aromatic carbocycles. The number of pyridine rings is 2. The third-order valence-corrected chi connectivity index (χ3v) is 5.45. The number of nitrogens with two attached hydrogens (primary N) is 1. The lowest BCUT2D eigenvalue weighted by atomic mass is 9.83. The van der Waals surface area contributed by atoms with Crippen LogP contribution in [0.2, 0.25) is 0 Å². The van der Waals surface area contributed by atoms with Crippen LogP contribution in [0.25, 0.3) is 0 Å². The summed E-state index contributed by atoms with van der Waals surface area (Å²) in [7, 11) is 0. The Morgan fingerprint density at radius 1 is 1.37 bits per heavy atom. The first-order valence-corrected chi connectivity index (χ1v) is 9.30. The maximum Gasteiger partial charge on any atom is 0.254 e. The molecule has 1 saturated heterocycles. The minimum atomic E-state index is -0.0221. The fourth-order valence-electron chi connectivity index (χ4n) is 4.12. The van der Waals surface area contributed by atoms with Crippen molar-refractivity contribution in [3.05, 3.63) is 52.5 Å². The second kappa shape index (κ2) is 7.33. The predicted molar refractivity (Wildman–Crippen MR) is 101 cm³/mol. The van der Waals surface area contributed by atoms with E-state index in [2.05, 4.69) is 21.4 Å². The zero-order chi connectivity index (χ0) is 18.8. The van der Waals surface area contributed by atoms with Crippen LogP contribution in [-0.2, 0) is 13.0 Å². The topological polar surface area (TPSA) is 108 Å². The molecule has 2 aliphatic heterocycles. The summed E-state index contributed by atoms with van der Waals surface area (Å²) in [6, 6.07) is 5.72. The number of amides is 1. The fraction of sp³-hybridized carbons (Fsp3) is 0.400. The van der Waals surface area contributed by atoms with Gasteiger partial charge in [-0.05, 0) is 48.6 Å². The highest BCUT2D eigenvalue weighted by atomic mass is 16.2. The first-order valence-electron chi connectivity index (χ1n) is 9.30. The molecule has 0 spiro atoms. The minimum absolute atomic E-state index is 0.0221. The van der Waals surface area contributed by atoms with Crippen molar-refractivity contribution < 1.29 is 4.79 Å². The zero-order valence-corrected chi connectivity index (χ0v) is 15.1. The summed E-state index contributed by atoms with van der Waals surface area (Å²) in [5, 5.41) is 13.1. The molecule has 7 heteroatoms. The van der Waals surface area contributed by atoms with Crippen molar-refractivity contribution in [1.29, 1.82) is 5.26 Å². The van der Waals surface area contributed by atoms with E-state index in [-0.39, 0.29) is 11.8 Å². The molecule has 0 aliphatic carbocycles. The number of hydrogen-bond acceptors (Lipinski definition) is 6. The summed E-state index contributed by atoms with van der Waals surface area (Å²) in [5.41, 5.74) is 10.1. The molecule has 27 heavy (non-hydrogen) atoms. The largest absolute Gasteiger partial charge is 0.383 e. The van der Waals surface area contributed by atoms with Gasteiger partial charge in [-0.2, -0.15) is 5.26 Å². The van der Waals surface area contributed by atoms with Gasteiger partial charge in [0, 0.05) is 49.7 Å². The fourth-order valence-corrected chi connectivity index (χ4v) is 4.12. The van der Waals surface area contributed by atoms with Gasteiger partial charge in [0.15, 0.2) is 0 Å². The van der Waals surface area contributed by atoms with E-state index < -0.39 is 0 Å². The number of carbonyl (C=O) groups is 1. The van der Waals surface area contributed by atoms with Crippen LogP contribution >= 0.6 is 0 Å². The predicted octanol–water partition coefficient (Wildman–Crippen LogP) is 1.60. The van der Waals surface area contributed by atoms with Gasteiger partial charge in [-0.1, -0.05) is 0 Å². The average molecular weight is 362 g/mol. The number of piperidine rings is 1. The van der Waals surface area contributed by atoms with Gasteiger partial charge in [-0.15, -0.1) is 0 Å². The molecule has 2 aromatic rings. The summed E-state index contributed by atoms with van der Waals surface area (Å²) < 4.78 is 0. The number of nitrogens with one attached hydrogen (secondary N) is 1. The van der Waals surface area contributed by atoms with E-state index in [0.29, 0.717) is 36.5 Å². The molecule has 2 aliphatic rings. The van der Waals surface area contributed by atoms with Crippen LogP contribution < -0.4 is 11.1 Å². The molecule has 138 valence electrons. The van der Waals surface area contributed by atoms with Crippen molar-refractivity contribution in [3.63, 3.8) is 0 Å². The van der Waals surface area contributed by atoms with Crippen LogP contribution in [0.15, 0.2) is 24.5 Å². The third-order valence-electron chi connectivity index (χ3n) is 5.45. The lowest BCUT2D eigenvalue weighted by Gasteiger charge is -2.33. The molecule has 1 atom stereocenters. The number of carbonyl (C=O) groups excluding carboxylic acids is 1. The van der Waals surface area contributed by atoms with Gasteiger partial charge in [-0.25, -0.2) is 4.98 Å². The van der Waals surface area contributed by atoms with Crippen LogP contribution in [-0.4, -0.2) is 40.4 Å². The number of anilines is 1. The smallest absolute Gasteiger partial charge is 0.254 e. The monoisotopic (exact) mass is 362 g/mol. The van der Waals surface area contributed by atoms with E-state index in [1.807, 2.05) is 4.90 Å². The Bertz CT molecular complexity index is 899. The van der Waals surface area contributed by atoms with Crippen molar-refractivity contribution in [2.45, 2.75) is 31.7 Å². The number of nitrogens with zero attached hydrogens (tertiary/aromatic N) is 4. The number of nitrogen functional groups attached to an aromatic ring is 1. The molecule has 1 unspecified atom stereocenters. The number of fused-ring (bicyclic) bond motifs is 1. The second-order valence-electron chi connectivity index (χ2n) is 7.08. The molecule has 1 fully saturated rings. The van der Waals surface area contributed by atoms with Gasteiger partial charge in [0.1, 0.15) is 11.9 Å². The van der Waals surface area contributed by atoms with Crippen molar-refractivity contribution in [3.8, 4) is 6.07 Å². The van der Waals surface area contributed by atoms with Gasteiger partial charge < -0.3 is 16.0 Å². The molecule has 0 bridgehead atoms. The Morgan fingerprint density at radius 2 is 2.19 bits per heavy atom. The molecular weight excluding hydrogens is 340 g/mol. The molecular formula is C20H22N6O. The Morgan fingerprint density at radius 3 is 2.89 bits per heavy atom. The number of rotatable bonds is 2. The molecule has 3 N–H and O–H groups in total. The van der Waals surface area contributed by atoms with Crippen LogP contribution in [0.1, 0.15) is 51.5 Å². The molecule has 2 aromatic heterocycles. The van der Waals surface area contributed by atoms with Crippen LogP contribution in [0.3, 0.4) is 0 Å². The van der Waals surface area contributed by atoms with Crippen molar-refractivity contribution in [2.75, 3.05) is 25.4 Å². The Kier molecular flexibility index (Phi) is 4.73. The minimum Gasteiger partial charge on any atom is -0.383 e. The van der Waals surface area contributed by atoms with Crippen LogP contribution in [0, 0.1) is 11.3 Å². The molecule has 1 amide bonds. The molecule has 7 nitrogen and oxygen atoms in total. The summed E-state index contributed by atoms with van der Waals surface area (Å²) in [6.07, 6.45) is 5.97. The van der Waals surface area contributed by atoms with Gasteiger partial charge in [0.25, 0.3) is 5.91 Å². The van der Waals surface area contributed by atoms with E-state index in [4.69, 9.17) is 5.73 Å². The van der Waals surface area contributed by atoms with Crippen LogP contribution in [0.5, 0.6) is 0 Å². The average Bonchev–Trinajstić information content (AvgIpc) is 2.73. The maximum absolute atomic E-state index is 12.9. The Hall–Kier alpha value is -2.98. The third kappa shape index (κ3) is 3.24. The molecule has 4 rings (SSSR count). The quantitative estimate of drug-likeness (QED) is 0.840. The maximum atomic E-state index is 12.9. The molecule has 0 saturated carbocycles. The molecule has 4 heterocycles. The number of hydrogen-bond donors (Lipinski definition) is 2. The zero-order valence-electron chi connectivity index (χ0n) is 15.1. The first kappa shape index (κ1) is 17.4. The van der Waals surface area contributed by atoms with Crippen molar-refractivity contribution in [1.82, 2.24) is 20.2 Å². The summed E-state index contributed by atoms with van der Waals surface area (Å²) >= 11 is 0. The Balaban J connectivity index is 1.73. The lowest BCUT2D eigenvalue weighted by Crippen LogP contribution is -2.38. The van der Waals surface area contributed by atoms with E-state index in [1.54, 1.807) is 24.5 Å². The van der Waals surface area contributed by atoms with Crippen molar-refractivity contribution in [2.24, 2.45) is 0 Å². The standard InChI is InChI=1S/C20H22N6O/c21-10-15-18(14-2-1-6-24-11-14)16-12-26(9-5-17(16)25-19(15)22)20(27)13-3-7-23-8-4-13/h3-4,7-8,14,24H,1-2,5-6,9,11-12H2,(H2,22,25). The highest BCUT2D eigenvalue weighted by molar-refractivity contribution is 5.94. The SMILES string of the molecule is N#Cc1c(N)nc2c(c1C1CCCNC1)CN(C(=O)c1ccncc1)CC2. The summed E-state index contributed by atoms with van der Waals surface area (Å²) in [5.74, 6) is 0.514. The first-order chi connectivity index (χ1) is 13.2. The van der Waals surface area contributed by atoms with E-state index in [0.717, 1.165) is 42.8 Å².